The molecule has 0 unspecified atom stereocenters. The lowest BCUT2D eigenvalue weighted by Crippen LogP contribution is -2.49. The lowest BCUT2D eigenvalue weighted by molar-refractivity contribution is -0.128. The highest BCUT2D eigenvalue weighted by Gasteiger charge is 2.44. The highest BCUT2D eigenvalue weighted by atomic mass is 32.1. The van der Waals surface area contributed by atoms with Crippen LogP contribution in [0.2, 0.25) is 0 Å². The van der Waals surface area contributed by atoms with Crippen LogP contribution in [0.15, 0.2) is 0 Å². The second-order valence-electron chi connectivity index (χ2n) is 5.59. The van der Waals surface area contributed by atoms with Crippen molar-refractivity contribution in [3.05, 3.63) is 0 Å². The van der Waals surface area contributed by atoms with Crippen LogP contribution in [-0.4, -0.2) is 17.4 Å². The van der Waals surface area contributed by atoms with Crippen molar-refractivity contribution < 1.29 is 4.79 Å². The summed E-state index contributed by atoms with van der Waals surface area (Å²) in [5.41, 5.74) is 5.49. The molecule has 1 aliphatic rings. The molecule has 0 aromatic heterocycles. The predicted molar refractivity (Wildman–Crippen MR) is 79.4 cm³/mol. The largest absolute Gasteiger partial charge is 0.392 e. The Labute approximate surface area is 116 Å². The van der Waals surface area contributed by atoms with Crippen LogP contribution in [0.25, 0.3) is 0 Å². The Bertz CT molecular complexity index is 320. The van der Waals surface area contributed by atoms with E-state index in [2.05, 4.69) is 12.2 Å². The Morgan fingerprint density at radius 3 is 2.22 bits per heavy atom. The van der Waals surface area contributed by atoms with Crippen LogP contribution in [0.4, 0.5) is 0 Å². The molecule has 104 valence electrons. The number of amides is 1. The molecule has 18 heavy (non-hydrogen) atoms. The van der Waals surface area contributed by atoms with E-state index in [-0.39, 0.29) is 5.91 Å². The number of carbonyl (C=O) groups is 1. The van der Waals surface area contributed by atoms with E-state index >= 15 is 0 Å². The fraction of sp³-hybridized carbons (Fsp3) is 0.857. The second kappa shape index (κ2) is 6.00. The Balaban J connectivity index is 2.61. The Kier molecular flexibility index (Phi) is 5.14. The second-order valence-corrected chi connectivity index (χ2v) is 6.03. The third-order valence-electron chi connectivity index (χ3n) is 4.47. The third kappa shape index (κ3) is 3.02. The maximum atomic E-state index is 12.4. The van der Waals surface area contributed by atoms with Gasteiger partial charge in [-0.2, -0.15) is 0 Å². The maximum absolute atomic E-state index is 12.4. The lowest BCUT2D eigenvalue weighted by atomic mass is 9.81. The summed E-state index contributed by atoms with van der Waals surface area (Å²) in [7, 11) is 0. The molecule has 3 N–H and O–H groups in total. The van der Waals surface area contributed by atoms with Crippen molar-refractivity contribution in [2.45, 2.75) is 59.3 Å². The Morgan fingerprint density at radius 2 is 1.89 bits per heavy atom. The van der Waals surface area contributed by atoms with Gasteiger partial charge in [-0.15, -0.1) is 0 Å². The highest BCUT2D eigenvalue weighted by Crippen LogP contribution is 2.49. The summed E-state index contributed by atoms with van der Waals surface area (Å²) in [6, 6.07) is 0. The molecule has 0 saturated heterocycles. The van der Waals surface area contributed by atoms with E-state index in [1.165, 1.54) is 25.7 Å². The summed E-state index contributed by atoms with van der Waals surface area (Å²) in [6.07, 6.45) is 6.19. The molecule has 0 aromatic rings. The zero-order valence-electron chi connectivity index (χ0n) is 11.8. The number of carbonyl (C=O) groups excluding carboxylic acids is 1. The molecule has 4 heteroatoms. The fourth-order valence-corrected chi connectivity index (χ4v) is 3.07. The molecule has 1 fully saturated rings. The average Bonchev–Trinajstić information content (AvgIpc) is 3.09. The number of rotatable bonds is 8. The first-order valence-corrected chi connectivity index (χ1v) is 7.45. The van der Waals surface area contributed by atoms with Crippen molar-refractivity contribution in [3.8, 4) is 0 Å². The van der Waals surface area contributed by atoms with Crippen LogP contribution in [0.1, 0.15) is 59.3 Å². The van der Waals surface area contributed by atoms with E-state index in [0.29, 0.717) is 23.2 Å². The van der Waals surface area contributed by atoms with Crippen molar-refractivity contribution >= 4 is 23.1 Å². The molecule has 0 radical (unpaired) electrons. The Morgan fingerprint density at radius 1 is 1.33 bits per heavy atom. The highest BCUT2D eigenvalue weighted by molar-refractivity contribution is 7.80. The monoisotopic (exact) mass is 270 g/mol. The molecule has 1 amide bonds. The maximum Gasteiger partial charge on any atom is 0.233 e. The molecule has 0 heterocycles. The van der Waals surface area contributed by atoms with E-state index in [0.717, 1.165) is 6.54 Å². The molecule has 1 saturated carbocycles. The molecular weight excluding hydrogens is 244 g/mol. The van der Waals surface area contributed by atoms with Gasteiger partial charge in [-0.1, -0.05) is 39.4 Å². The van der Waals surface area contributed by atoms with Gasteiger partial charge in [0.05, 0.1) is 10.4 Å². The van der Waals surface area contributed by atoms with Crippen LogP contribution < -0.4 is 11.1 Å². The molecule has 0 aromatic carbocycles. The molecule has 1 rings (SSSR count). The van der Waals surface area contributed by atoms with Gasteiger partial charge in [0.15, 0.2) is 0 Å². The van der Waals surface area contributed by atoms with Crippen LogP contribution >= 0.6 is 12.2 Å². The van der Waals surface area contributed by atoms with Gasteiger partial charge in [-0.3, -0.25) is 4.79 Å². The quantitative estimate of drug-likeness (QED) is 0.667. The van der Waals surface area contributed by atoms with Crippen LogP contribution in [-0.2, 0) is 4.79 Å². The minimum atomic E-state index is -0.655. The summed E-state index contributed by atoms with van der Waals surface area (Å²) in [5.74, 6) is 0.0161. The van der Waals surface area contributed by atoms with Gasteiger partial charge in [0.25, 0.3) is 0 Å². The summed E-state index contributed by atoms with van der Waals surface area (Å²) >= 11 is 5.10. The summed E-state index contributed by atoms with van der Waals surface area (Å²) in [5, 5.41) is 3.09. The van der Waals surface area contributed by atoms with Crippen molar-refractivity contribution in [2.75, 3.05) is 6.54 Å². The first-order valence-electron chi connectivity index (χ1n) is 7.04. The van der Waals surface area contributed by atoms with Gasteiger partial charge in [-0.05, 0) is 37.5 Å². The van der Waals surface area contributed by atoms with Crippen LogP contribution in [0.3, 0.4) is 0 Å². The number of nitrogens with one attached hydrogen (secondary N) is 1. The summed E-state index contributed by atoms with van der Waals surface area (Å²) < 4.78 is 0. The van der Waals surface area contributed by atoms with Gasteiger partial charge in [0, 0.05) is 6.54 Å². The zero-order chi connectivity index (χ0) is 13.8. The number of hydrogen-bond acceptors (Lipinski definition) is 2. The first-order chi connectivity index (χ1) is 8.46. The van der Waals surface area contributed by atoms with Crippen molar-refractivity contribution in [1.29, 1.82) is 0 Å². The molecule has 0 bridgehead atoms. The molecule has 1 aliphatic carbocycles. The smallest absolute Gasteiger partial charge is 0.233 e. The normalized spacial score (nSPS) is 17.3. The Hall–Kier alpha value is -0.640. The van der Waals surface area contributed by atoms with Crippen LogP contribution in [0, 0.1) is 10.8 Å². The predicted octanol–water partition coefficient (Wildman–Crippen LogP) is 2.78. The minimum absolute atomic E-state index is 0.0161. The van der Waals surface area contributed by atoms with Crippen LogP contribution in [0.5, 0.6) is 0 Å². The van der Waals surface area contributed by atoms with E-state index in [4.69, 9.17) is 18.0 Å². The lowest BCUT2D eigenvalue weighted by Gasteiger charge is -2.30. The number of nitrogens with two attached hydrogens (primary N) is 1. The first kappa shape index (κ1) is 15.4. The fourth-order valence-electron chi connectivity index (χ4n) is 2.69. The summed E-state index contributed by atoms with van der Waals surface area (Å²) in [6.45, 7) is 6.92. The molecule has 0 aliphatic heterocycles. The van der Waals surface area contributed by atoms with Crippen molar-refractivity contribution in [3.63, 3.8) is 0 Å². The third-order valence-corrected chi connectivity index (χ3v) is 4.87. The minimum Gasteiger partial charge on any atom is -0.392 e. The van der Waals surface area contributed by atoms with Crippen molar-refractivity contribution in [2.24, 2.45) is 16.6 Å². The van der Waals surface area contributed by atoms with E-state index in [1.807, 2.05) is 13.8 Å². The zero-order valence-corrected chi connectivity index (χ0v) is 12.7. The molecule has 3 nitrogen and oxygen atoms in total. The van der Waals surface area contributed by atoms with Gasteiger partial charge in [-0.25, -0.2) is 0 Å². The van der Waals surface area contributed by atoms with Gasteiger partial charge in [0.2, 0.25) is 5.91 Å². The number of hydrogen-bond donors (Lipinski definition) is 2. The SMILES string of the molecule is CCCC1(CNC(=O)C(CC)(CC)C(N)=S)CC1. The van der Waals surface area contributed by atoms with Gasteiger partial charge < -0.3 is 11.1 Å². The molecular formula is C14H26N2OS. The van der Waals surface area contributed by atoms with E-state index < -0.39 is 5.41 Å². The summed E-state index contributed by atoms with van der Waals surface area (Å²) in [4.78, 5) is 12.7. The van der Waals surface area contributed by atoms with E-state index in [9.17, 15) is 4.79 Å². The van der Waals surface area contributed by atoms with Gasteiger partial charge in [0.1, 0.15) is 0 Å². The average molecular weight is 270 g/mol. The standard InChI is InChI=1S/C14H26N2OS/c1-4-7-13(8-9-13)10-16-12(17)14(5-2,6-3)11(15)18/h4-10H2,1-3H3,(H2,15,18)(H,16,17). The molecule has 0 spiro atoms. The topological polar surface area (TPSA) is 55.1 Å². The van der Waals surface area contributed by atoms with Crippen molar-refractivity contribution in [1.82, 2.24) is 5.32 Å². The van der Waals surface area contributed by atoms with E-state index in [1.54, 1.807) is 0 Å². The number of thiocarbonyl (C=S) groups is 1. The molecule has 0 atom stereocenters. The van der Waals surface area contributed by atoms with Gasteiger partial charge >= 0.3 is 0 Å².